The first-order valence-corrected chi connectivity index (χ1v) is 8.57. The van der Waals surface area contributed by atoms with Gasteiger partial charge in [-0.1, -0.05) is 26.2 Å². The Balaban J connectivity index is 2.23. The summed E-state index contributed by atoms with van der Waals surface area (Å²) in [6.45, 7) is 2.10. The first-order chi connectivity index (χ1) is 9.45. The molecule has 1 aliphatic rings. The molecule has 1 aromatic rings. The summed E-state index contributed by atoms with van der Waals surface area (Å²) < 4.78 is 25.2. The third-order valence-corrected chi connectivity index (χ3v) is 6.42. The largest absolute Gasteiger partial charge is 0.478 e. The van der Waals surface area contributed by atoms with Crippen LogP contribution >= 0.6 is 0 Å². The summed E-state index contributed by atoms with van der Waals surface area (Å²) in [5.74, 6) is -0.556. The lowest BCUT2D eigenvalue weighted by Crippen LogP contribution is -2.28. The lowest BCUT2D eigenvalue weighted by molar-refractivity contribution is 0.0697. The molecule has 1 N–H and O–H groups in total. The molecule has 2 rings (SSSR count). The summed E-state index contributed by atoms with van der Waals surface area (Å²) >= 11 is 0. The minimum Gasteiger partial charge on any atom is -0.478 e. The highest BCUT2D eigenvalue weighted by atomic mass is 32.2. The summed E-state index contributed by atoms with van der Waals surface area (Å²) in [5, 5.41) is 8.52. The van der Waals surface area contributed by atoms with E-state index in [4.69, 9.17) is 5.11 Å². The fourth-order valence-corrected chi connectivity index (χ4v) is 4.78. The zero-order valence-electron chi connectivity index (χ0n) is 11.6. The van der Waals surface area contributed by atoms with Crippen LogP contribution in [0.4, 0.5) is 0 Å². The quantitative estimate of drug-likeness (QED) is 0.926. The molecule has 0 aromatic heterocycles. The van der Waals surface area contributed by atoms with E-state index in [0.29, 0.717) is 12.3 Å². The molecule has 2 atom stereocenters. The monoisotopic (exact) mass is 296 g/mol. The van der Waals surface area contributed by atoms with E-state index in [0.717, 1.165) is 25.7 Å². The molecule has 4 nitrogen and oxygen atoms in total. The Labute approximate surface area is 119 Å². The van der Waals surface area contributed by atoms with Crippen LogP contribution in [0.1, 0.15) is 49.4 Å². The maximum Gasteiger partial charge on any atom is 0.335 e. The average molecular weight is 296 g/mol. The predicted octanol–water partition coefficient (Wildman–Crippen LogP) is 3.13. The summed E-state index contributed by atoms with van der Waals surface area (Å²) in [4.78, 5) is 11.0. The maximum absolute atomic E-state index is 12.6. The molecular weight excluding hydrogens is 276 g/mol. The van der Waals surface area contributed by atoms with Crippen molar-refractivity contribution in [3.05, 3.63) is 29.8 Å². The molecule has 110 valence electrons. The molecule has 0 aliphatic heterocycles. The van der Waals surface area contributed by atoms with Gasteiger partial charge in [-0.15, -0.1) is 0 Å². The first-order valence-electron chi connectivity index (χ1n) is 7.02. The van der Waals surface area contributed by atoms with E-state index < -0.39 is 15.8 Å². The smallest absolute Gasteiger partial charge is 0.335 e. The number of benzene rings is 1. The van der Waals surface area contributed by atoms with E-state index in [1.807, 2.05) is 0 Å². The van der Waals surface area contributed by atoms with Crippen LogP contribution in [0.3, 0.4) is 0 Å². The summed E-state index contributed by atoms with van der Waals surface area (Å²) in [6, 6.07) is 5.54. The van der Waals surface area contributed by atoms with Crippen LogP contribution in [0.5, 0.6) is 0 Å². The van der Waals surface area contributed by atoms with Gasteiger partial charge in [0.1, 0.15) is 0 Å². The van der Waals surface area contributed by atoms with Gasteiger partial charge in [0, 0.05) is 0 Å². The molecule has 20 heavy (non-hydrogen) atoms. The average Bonchev–Trinajstić information content (AvgIpc) is 2.47. The van der Waals surface area contributed by atoms with Crippen molar-refractivity contribution in [3.8, 4) is 0 Å². The van der Waals surface area contributed by atoms with Crippen LogP contribution in [0.2, 0.25) is 0 Å². The van der Waals surface area contributed by atoms with Gasteiger partial charge in [0.05, 0.1) is 15.7 Å². The van der Waals surface area contributed by atoms with E-state index in [-0.39, 0.29) is 15.7 Å². The molecule has 0 saturated heterocycles. The molecule has 0 spiro atoms. The number of aromatic carboxylic acids is 1. The number of hydrogen-bond donors (Lipinski definition) is 1. The van der Waals surface area contributed by atoms with Gasteiger partial charge >= 0.3 is 5.97 Å². The fraction of sp³-hybridized carbons (Fsp3) is 0.533. The van der Waals surface area contributed by atoms with Crippen molar-refractivity contribution in [2.24, 2.45) is 5.92 Å². The van der Waals surface area contributed by atoms with Crippen LogP contribution in [-0.4, -0.2) is 24.7 Å². The molecule has 0 amide bonds. The van der Waals surface area contributed by atoms with Crippen molar-refractivity contribution in [1.29, 1.82) is 0 Å². The molecule has 0 heterocycles. The Hall–Kier alpha value is -1.36. The lowest BCUT2D eigenvalue weighted by Gasteiger charge is -2.28. The Morgan fingerprint density at radius 3 is 2.45 bits per heavy atom. The van der Waals surface area contributed by atoms with Crippen LogP contribution in [0, 0.1) is 5.92 Å². The van der Waals surface area contributed by atoms with Crippen molar-refractivity contribution in [2.75, 3.05) is 0 Å². The number of carbonyl (C=O) groups is 1. The minimum absolute atomic E-state index is 0.110. The van der Waals surface area contributed by atoms with Crippen molar-refractivity contribution < 1.29 is 18.3 Å². The Morgan fingerprint density at radius 2 is 1.90 bits per heavy atom. The molecule has 1 aromatic carbocycles. The number of hydrogen-bond acceptors (Lipinski definition) is 3. The van der Waals surface area contributed by atoms with Gasteiger partial charge in [-0.25, -0.2) is 13.2 Å². The first kappa shape index (κ1) is 15.0. The normalized spacial score (nSPS) is 23.4. The molecule has 5 heteroatoms. The highest BCUT2D eigenvalue weighted by Crippen LogP contribution is 2.33. The molecule has 2 unspecified atom stereocenters. The maximum atomic E-state index is 12.6. The molecule has 1 aliphatic carbocycles. The number of carboxylic acid groups (broad SMARTS) is 1. The summed E-state index contributed by atoms with van der Waals surface area (Å²) in [5.41, 5.74) is 0.110. The van der Waals surface area contributed by atoms with E-state index in [1.54, 1.807) is 0 Å². The zero-order valence-corrected chi connectivity index (χ0v) is 12.4. The second-order valence-corrected chi connectivity index (χ2v) is 7.67. The molecule has 0 radical (unpaired) electrons. The van der Waals surface area contributed by atoms with E-state index in [1.165, 1.54) is 24.3 Å². The van der Waals surface area contributed by atoms with Gasteiger partial charge in [-0.05, 0) is 43.0 Å². The Morgan fingerprint density at radius 1 is 1.25 bits per heavy atom. The minimum atomic E-state index is -3.34. The third-order valence-electron chi connectivity index (χ3n) is 4.18. The molecule has 0 bridgehead atoms. The number of sulfone groups is 1. The SMILES string of the molecule is CCC1CCCC(S(=O)(=O)c2ccc(C(=O)O)cc2)C1. The van der Waals surface area contributed by atoms with Crippen molar-refractivity contribution >= 4 is 15.8 Å². The van der Waals surface area contributed by atoms with Crippen molar-refractivity contribution in [2.45, 2.75) is 49.2 Å². The van der Waals surface area contributed by atoms with Gasteiger partial charge in [0.2, 0.25) is 0 Å². The van der Waals surface area contributed by atoms with E-state index in [2.05, 4.69) is 6.92 Å². The molecule has 1 fully saturated rings. The molecular formula is C15H20O4S. The lowest BCUT2D eigenvalue weighted by atomic mass is 9.87. The van der Waals surface area contributed by atoms with Gasteiger partial charge in [-0.2, -0.15) is 0 Å². The van der Waals surface area contributed by atoms with Crippen molar-refractivity contribution in [3.63, 3.8) is 0 Å². The van der Waals surface area contributed by atoms with E-state index >= 15 is 0 Å². The Kier molecular flexibility index (Phi) is 4.48. The summed E-state index contributed by atoms with van der Waals surface area (Å²) in [6.07, 6.45) is 4.51. The fourth-order valence-electron chi connectivity index (χ4n) is 2.87. The topological polar surface area (TPSA) is 71.4 Å². The second-order valence-electron chi connectivity index (χ2n) is 5.44. The van der Waals surface area contributed by atoms with Crippen LogP contribution in [0.25, 0.3) is 0 Å². The van der Waals surface area contributed by atoms with Crippen LogP contribution < -0.4 is 0 Å². The second kappa shape index (κ2) is 5.95. The zero-order chi connectivity index (χ0) is 14.8. The third kappa shape index (κ3) is 3.03. The highest BCUT2D eigenvalue weighted by molar-refractivity contribution is 7.92. The number of rotatable bonds is 4. The van der Waals surface area contributed by atoms with Gasteiger partial charge in [0.15, 0.2) is 9.84 Å². The standard InChI is InChI=1S/C15H20O4S/c1-2-11-4-3-5-14(10-11)20(18,19)13-8-6-12(7-9-13)15(16)17/h6-9,11,14H,2-5,10H2,1H3,(H,16,17). The Bertz CT molecular complexity index is 574. The van der Waals surface area contributed by atoms with Crippen LogP contribution in [-0.2, 0) is 9.84 Å². The molecule has 1 saturated carbocycles. The number of carboxylic acids is 1. The highest BCUT2D eigenvalue weighted by Gasteiger charge is 2.32. The van der Waals surface area contributed by atoms with Gasteiger partial charge < -0.3 is 5.11 Å². The van der Waals surface area contributed by atoms with E-state index in [9.17, 15) is 13.2 Å². The van der Waals surface area contributed by atoms with Crippen molar-refractivity contribution in [1.82, 2.24) is 0 Å². The summed E-state index contributed by atoms with van der Waals surface area (Å²) in [7, 11) is -3.34. The van der Waals surface area contributed by atoms with Gasteiger partial charge in [0.25, 0.3) is 0 Å². The predicted molar refractivity (Wildman–Crippen MR) is 76.6 cm³/mol. The van der Waals surface area contributed by atoms with Gasteiger partial charge in [-0.3, -0.25) is 0 Å². The van der Waals surface area contributed by atoms with Crippen LogP contribution in [0.15, 0.2) is 29.2 Å².